The van der Waals surface area contributed by atoms with Crippen molar-refractivity contribution in [3.63, 3.8) is 0 Å². The SMILES string of the molecule is CC(C)(C)c1nc(-c2ccc3ccccc3c2)nc(-c2ccc3c(c2)sc2ccccc23)n1. The molecule has 6 rings (SSSR count). The molecule has 4 aromatic carbocycles. The maximum atomic E-state index is 4.94. The largest absolute Gasteiger partial charge is 0.212 e. The van der Waals surface area contributed by atoms with Gasteiger partial charge in [-0.3, -0.25) is 0 Å². The first-order chi connectivity index (χ1) is 16.0. The van der Waals surface area contributed by atoms with Crippen LogP contribution in [0.4, 0.5) is 0 Å². The van der Waals surface area contributed by atoms with Crippen molar-refractivity contribution in [2.75, 3.05) is 0 Å². The molecule has 0 atom stereocenters. The fourth-order valence-electron chi connectivity index (χ4n) is 4.16. The van der Waals surface area contributed by atoms with Crippen LogP contribution in [0.3, 0.4) is 0 Å². The molecule has 0 amide bonds. The summed E-state index contributed by atoms with van der Waals surface area (Å²) < 4.78 is 2.55. The Bertz CT molecular complexity index is 1660. The third kappa shape index (κ3) is 3.57. The zero-order valence-electron chi connectivity index (χ0n) is 18.8. The lowest BCUT2D eigenvalue weighted by Crippen LogP contribution is -2.18. The average Bonchev–Trinajstić information content (AvgIpc) is 3.21. The Morgan fingerprint density at radius 3 is 2.00 bits per heavy atom. The summed E-state index contributed by atoms with van der Waals surface area (Å²) in [7, 11) is 0. The third-order valence-electron chi connectivity index (χ3n) is 5.95. The first kappa shape index (κ1) is 20.0. The Labute approximate surface area is 196 Å². The fraction of sp³-hybridized carbons (Fsp3) is 0.138. The molecule has 0 N–H and O–H groups in total. The molecule has 2 aromatic heterocycles. The van der Waals surface area contributed by atoms with E-state index in [2.05, 4.69) is 106 Å². The predicted octanol–water partition coefficient (Wildman–Crippen LogP) is 8.02. The van der Waals surface area contributed by atoms with Crippen molar-refractivity contribution in [2.24, 2.45) is 0 Å². The molecule has 0 spiro atoms. The summed E-state index contributed by atoms with van der Waals surface area (Å²) in [6.45, 7) is 6.43. The maximum Gasteiger partial charge on any atom is 0.163 e. The molecule has 0 aliphatic rings. The second kappa shape index (κ2) is 7.46. The Morgan fingerprint density at radius 2 is 1.21 bits per heavy atom. The number of hydrogen-bond donors (Lipinski definition) is 0. The van der Waals surface area contributed by atoms with Crippen LogP contribution in [0.1, 0.15) is 26.6 Å². The second-order valence-electron chi connectivity index (χ2n) is 9.43. The molecule has 0 unspecified atom stereocenters. The van der Waals surface area contributed by atoms with Gasteiger partial charge in [-0.2, -0.15) is 0 Å². The minimum Gasteiger partial charge on any atom is -0.212 e. The van der Waals surface area contributed by atoms with Crippen LogP contribution >= 0.6 is 11.3 Å². The van der Waals surface area contributed by atoms with Gasteiger partial charge < -0.3 is 0 Å². The number of rotatable bonds is 2. The van der Waals surface area contributed by atoms with Gasteiger partial charge in [0.2, 0.25) is 0 Å². The van der Waals surface area contributed by atoms with Gasteiger partial charge in [-0.05, 0) is 29.0 Å². The molecule has 6 aromatic rings. The molecule has 160 valence electrons. The highest BCUT2D eigenvalue weighted by atomic mass is 32.1. The summed E-state index contributed by atoms with van der Waals surface area (Å²) in [4.78, 5) is 14.7. The van der Waals surface area contributed by atoms with E-state index in [1.165, 1.54) is 30.9 Å². The molecule has 3 nitrogen and oxygen atoms in total. The molecule has 0 aliphatic heterocycles. The van der Waals surface area contributed by atoms with Gasteiger partial charge in [-0.15, -0.1) is 11.3 Å². The monoisotopic (exact) mass is 445 g/mol. The maximum absolute atomic E-state index is 4.94. The van der Waals surface area contributed by atoms with Crippen molar-refractivity contribution in [1.29, 1.82) is 0 Å². The fourth-order valence-corrected chi connectivity index (χ4v) is 5.31. The van der Waals surface area contributed by atoms with Gasteiger partial charge in [0.15, 0.2) is 11.6 Å². The first-order valence-corrected chi connectivity index (χ1v) is 11.9. The van der Waals surface area contributed by atoms with E-state index in [0.29, 0.717) is 5.82 Å². The zero-order chi connectivity index (χ0) is 22.6. The standard InChI is InChI=1S/C29H23N3S/c1-29(2,3)28-31-26(20-13-12-18-8-4-5-9-19(18)16-20)30-27(32-28)21-14-15-23-22-10-6-7-11-24(22)33-25(23)17-21/h4-17H,1-3H3. The van der Waals surface area contributed by atoms with Gasteiger partial charge in [0.05, 0.1) is 0 Å². The van der Waals surface area contributed by atoms with Crippen molar-refractivity contribution < 1.29 is 0 Å². The first-order valence-electron chi connectivity index (χ1n) is 11.1. The van der Waals surface area contributed by atoms with E-state index < -0.39 is 0 Å². The summed E-state index contributed by atoms with van der Waals surface area (Å²) in [6.07, 6.45) is 0. The number of thiophene rings is 1. The van der Waals surface area contributed by atoms with Crippen LogP contribution in [0, 0.1) is 0 Å². The van der Waals surface area contributed by atoms with Crippen molar-refractivity contribution in [3.05, 3.63) is 90.8 Å². The quantitative estimate of drug-likeness (QED) is 0.271. The van der Waals surface area contributed by atoms with Gasteiger partial charge in [-0.1, -0.05) is 87.5 Å². The van der Waals surface area contributed by atoms with E-state index in [-0.39, 0.29) is 5.41 Å². The van der Waals surface area contributed by atoms with Crippen LogP contribution in [0.15, 0.2) is 84.9 Å². The van der Waals surface area contributed by atoms with Gasteiger partial charge in [0, 0.05) is 36.7 Å². The molecule has 0 radical (unpaired) electrons. The average molecular weight is 446 g/mol. The Balaban J connectivity index is 1.54. The highest BCUT2D eigenvalue weighted by Gasteiger charge is 2.21. The lowest BCUT2D eigenvalue weighted by molar-refractivity contribution is 0.543. The van der Waals surface area contributed by atoms with Gasteiger partial charge >= 0.3 is 0 Å². The predicted molar refractivity (Wildman–Crippen MR) is 140 cm³/mol. The topological polar surface area (TPSA) is 38.7 Å². The molecular formula is C29H23N3S. The number of fused-ring (bicyclic) bond motifs is 4. The third-order valence-corrected chi connectivity index (χ3v) is 7.08. The minimum absolute atomic E-state index is 0.189. The van der Waals surface area contributed by atoms with E-state index in [0.717, 1.165) is 22.8 Å². The minimum atomic E-state index is -0.189. The number of nitrogens with zero attached hydrogens (tertiary/aromatic N) is 3. The molecule has 0 saturated heterocycles. The lowest BCUT2D eigenvalue weighted by atomic mass is 9.95. The number of aromatic nitrogens is 3. The normalized spacial score (nSPS) is 12.1. The molecule has 0 saturated carbocycles. The summed E-state index contributed by atoms with van der Waals surface area (Å²) in [6, 6.07) is 29.9. The van der Waals surface area contributed by atoms with Gasteiger partial charge in [-0.25, -0.2) is 15.0 Å². The van der Waals surface area contributed by atoms with Gasteiger partial charge in [0.1, 0.15) is 5.82 Å². The molecule has 0 aliphatic carbocycles. The molecule has 0 fully saturated rings. The smallest absolute Gasteiger partial charge is 0.163 e. The molecule has 0 bridgehead atoms. The van der Waals surface area contributed by atoms with Crippen molar-refractivity contribution in [1.82, 2.24) is 15.0 Å². The van der Waals surface area contributed by atoms with Crippen LogP contribution in [-0.2, 0) is 5.41 Å². The Morgan fingerprint density at radius 1 is 0.576 bits per heavy atom. The molecule has 2 heterocycles. The summed E-state index contributed by atoms with van der Waals surface area (Å²) in [5, 5.41) is 4.97. The Hall–Kier alpha value is -3.63. The van der Waals surface area contributed by atoms with Crippen LogP contribution in [0.5, 0.6) is 0 Å². The highest BCUT2D eigenvalue weighted by molar-refractivity contribution is 7.25. The van der Waals surface area contributed by atoms with Crippen molar-refractivity contribution >= 4 is 42.3 Å². The summed E-state index contributed by atoms with van der Waals surface area (Å²) in [5.41, 5.74) is 1.83. The van der Waals surface area contributed by atoms with Crippen molar-refractivity contribution in [3.8, 4) is 22.8 Å². The second-order valence-corrected chi connectivity index (χ2v) is 10.5. The van der Waals surface area contributed by atoms with Crippen LogP contribution in [0.25, 0.3) is 53.7 Å². The van der Waals surface area contributed by atoms with Crippen LogP contribution < -0.4 is 0 Å². The van der Waals surface area contributed by atoms with Gasteiger partial charge in [0.25, 0.3) is 0 Å². The lowest BCUT2D eigenvalue weighted by Gasteiger charge is -2.18. The van der Waals surface area contributed by atoms with E-state index in [9.17, 15) is 0 Å². The van der Waals surface area contributed by atoms with Crippen molar-refractivity contribution in [2.45, 2.75) is 26.2 Å². The van der Waals surface area contributed by atoms with Crippen LogP contribution in [-0.4, -0.2) is 15.0 Å². The van der Waals surface area contributed by atoms with Crippen LogP contribution in [0.2, 0.25) is 0 Å². The summed E-state index contributed by atoms with van der Waals surface area (Å²) >= 11 is 1.81. The van der Waals surface area contributed by atoms with E-state index in [4.69, 9.17) is 15.0 Å². The highest BCUT2D eigenvalue weighted by Crippen LogP contribution is 2.36. The summed E-state index contributed by atoms with van der Waals surface area (Å²) in [5.74, 6) is 2.23. The Kier molecular flexibility index (Phi) is 4.52. The molecular weight excluding hydrogens is 422 g/mol. The number of hydrogen-bond acceptors (Lipinski definition) is 4. The van der Waals surface area contributed by atoms with E-state index >= 15 is 0 Å². The van der Waals surface area contributed by atoms with E-state index in [1.807, 2.05) is 11.3 Å². The number of benzene rings is 4. The molecule has 33 heavy (non-hydrogen) atoms. The zero-order valence-corrected chi connectivity index (χ0v) is 19.6. The van der Waals surface area contributed by atoms with E-state index in [1.54, 1.807) is 0 Å². The molecule has 4 heteroatoms.